The molecule has 1 heterocycles. The van der Waals surface area contributed by atoms with Crippen LogP contribution in [0.15, 0.2) is 66.7 Å². The number of nitrogens with one attached hydrogen (secondary N) is 1. The van der Waals surface area contributed by atoms with Gasteiger partial charge in [0, 0.05) is 21.7 Å². The molecule has 1 aromatic heterocycles. The molecule has 0 saturated carbocycles. The molecular weight excluding hydrogens is 378 g/mol. The van der Waals surface area contributed by atoms with Gasteiger partial charge in [-0.25, -0.2) is 9.97 Å². The van der Waals surface area contributed by atoms with E-state index in [1.807, 2.05) is 49.4 Å². The molecule has 0 atom stereocenters. The molecule has 0 bridgehead atoms. The van der Waals surface area contributed by atoms with Crippen LogP contribution in [0.4, 0.5) is 11.5 Å². The first-order valence-corrected chi connectivity index (χ1v) is 10.1. The molecule has 0 unspecified atom stereocenters. The van der Waals surface area contributed by atoms with Crippen molar-refractivity contribution in [3.63, 3.8) is 0 Å². The van der Waals surface area contributed by atoms with Gasteiger partial charge in [-0.2, -0.15) is 0 Å². The Balaban J connectivity index is 1.79. The summed E-state index contributed by atoms with van der Waals surface area (Å²) in [5.41, 5.74) is 5.24. The van der Waals surface area contributed by atoms with E-state index in [4.69, 9.17) is 21.6 Å². The van der Waals surface area contributed by atoms with E-state index in [2.05, 4.69) is 50.4 Å². The Hall–Kier alpha value is -2.91. The Labute approximate surface area is 176 Å². The zero-order valence-electron chi connectivity index (χ0n) is 17.1. The highest BCUT2D eigenvalue weighted by Crippen LogP contribution is 2.30. The van der Waals surface area contributed by atoms with Crippen molar-refractivity contribution >= 4 is 34.0 Å². The fourth-order valence-corrected chi connectivity index (χ4v) is 3.41. The van der Waals surface area contributed by atoms with Crippen LogP contribution in [0.25, 0.3) is 22.3 Å². The number of fused-ring (bicyclic) bond motifs is 1. The lowest BCUT2D eigenvalue weighted by Gasteiger charge is -2.19. The van der Waals surface area contributed by atoms with Crippen molar-refractivity contribution in [2.24, 2.45) is 0 Å². The first kappa shape index (κ1) is 19.4. The van der Waals surface area contributed by atoms with Crippen LogP contribution in [0.3, 0.4) is 0 Å². The van der Waals surface area contributed by atoms with Gasteiger partial charge < -0.3 is 5.32 Å². The van der Waals surface area contributed by atoms with Gasteiger partial charge in [0.2, 0.25) is 0 Å². The van der Waals surface area contributed by atoms with E-state index >= 15 is 0 Å². The molecule has 3 nitrogen and oxygen atoms in total. The molecule has 0 fully saturated rings. The highest BCUT2D eigenvalue weighted by Gasteiger charge is 2.15. The van der Waals surface area contributed by atoms with Crippen LogP contribution < -0.4 is 5.32 Å². The number of benzene rings is 3. The summed E-state index contributed by atoms with van der Waals surface area (Å²) in [7, 11) is 0. The molecule has 1 N–H and O–H groups in total. The van der Waals surface area contributed by atoms with Gasteiger partial charge in [0.25, 0.3) is 0 Å². The first-order valence-electron chi connectivity index (χ1n) is 9.72. The van der Waals surface area contributed by atoms with E-state index in [0.29, 0.717) is 5.82 Å². The van der Waals surface area contributed by atoms with E-state index in [1.54, 1.807) is 0 Å². The molecule has 0 saturated heterocycles. The minimum atomic E-state index is 0.111. The van der Waals surface area contributed by atoms with E-state index in [-0.39, 0.29) is 5.41 Å². The van der Waals surface area contributed by atoms with Crippen molar-refractivity contribution in [3.8, 4) is 11.4 Å². The van der Waals surface area contributed by atoms with Crippen LogP contribution in [0, 0.1) is 6.92 Å². The number of anilines is 2. The number of aryl methyl sites for hydroxylation is 1. The molecule has 4 aromatic rings. The first-order chi connectivity index (χ1) is 13.8. The Morgan fingerprint density at radius 1 is 0.862 bits per heavy atom. The summed E-state index contributed by atoms with van der Waals surface area (Å²) < 4.78 is 0. The maximum Gasteiger partial charge on any atom is 0.162 e. The number of hydrogen-bond donors (Lipinski definition) is 1. The standard InChI is InChI=1S/C25H24ClN3/c1-16-9-14-19(15-21(16)26)27-24-20-7-5-6-8-22(20)28-23(29-24)17-10-12-18(13-11-17)25(2,3)4/h5-15H,1-4H3,(H,27,28,29). The second-order valence-corrected chi connectivity index (χ2v) is 8.74. The second-order valence-electron chi connectivity index (χ2n) is 8.33. The normalized spacial score (nSPS) is 11.6. The maximum absolute atomic E-state index is 6.30. The van der Waals surface area contributed by atoms with Gasteiger partial charge in [0.15, 0.2) is 5.82 Å². The molecule has 4 heteroatoms. The van der Waals surface area contributed by atoms with Crippen molar-refractivity contribution < 1.29 is 0 Å². The Morgan fingerprint density at radius 2 is 1.59 bits per heavy atom. The third kappa shape index (κ3) is 4.10. The third-order valence-corrected chi connectivity index (χ3v) is 5.45. The van der Waals surface area contributed by atoms with Crippen molar-refractivity contribution in [2.45, 2.75) is 33.1 Å². The van der Waals surface area contributed by atoms with E-state index < -0.39 is 0 Å². The van der Waals surface area contributed by atoms with Crippen LogP contribution in [0.2, 0.25) is 5.02 Å². The predicted molar refractivity (Wildman–Crippen MR) is 123 cm³/mol. The number of halogens is 1. The molecular formula is C25H24ClN3. The summed E-state index contributed by atoms with van der Waals surface area (Å²) in [6, 6.07) is 22.5. The summed E-state index contributed by atoms with van der Waals surface area (Å²) >= 11 is 6.30. The van der Waals surface area contributed by atoms with Crippen molar-refractivity contribution in [1.29, 1.82) is 0 Å². The lowest BCUT2D eigenvalue weighted by atomic mass is 9.87. The lowest BCUT2D eigenvalue weighted by molar-refractivity contribution is 0.590. The number of para-hydroxylation sites is 1. The SMILES string of the molecule is Cc1ccc(Nc2nc(-c3ccc(C(C)(C)C)cc3)nc3ccccc23)cc1Cl. The van der Waals surface area contributed by atoms with Gasteiger partial charge in [-0.15, -0.1) is 0 Å². The molecule has 3 aromatic carbocycles. The van der Waals surface area contributed by atoms with Gasteiger partial charge in [-0.1, -0.05) is 74.8 Å². The molecule has 0 spiro atoms. The van der Waals surface area contributed by atoms with Crippen LogP contribution in [-0.4, -0.2) is 9.97 Å². The lowest BCUT2D eigenvalue weighted by Crippen LogP contribution is -2.10. The number of rotatable bonds is 3. The minimum Gasteiger partial charge on any atom is -0.340 e. The van der Waals surface area contributed by atoms with Gasteiger partial charge in [0.05, 0.1) is 5.52 Å². The fraction of sp³-hybridized carbons (Fsp3) is 0.200. The molecule has 4 rings (SSSR count). The zero-order chi connectivity index (χ0) is 20.6. The number of nitrogens with zero attached hydrogens (tertiary/aromatic N) is 2. The second kappa shape index (κ2) is 7.49. The molecule has 0 amide bonds. The van der Waals surface area contributed by atoms with Gasteiger partial charge in [0.1, 0.15) is 5.82 Å². The quantitative estimate of drug-likeness (QED) is 0.391. The number of hydrogen-bond acceptors (Lipinski definition) is 3. The topological polar surface area (TPSA) is 37.8 Å². The molecule has 0 aliphatic carbocycles. The van der Waals surface area contributed by atoms with Gasteiger partial charge in [-0.3, -0.25) is 0 Å². The van der Waals surface area contributed by atoms with Crippen molar-refractivity contribution in [2.75, 3.05) is 5.32 Å². The molecule has 0 radical (unpaired) electrons. The van der Waals surface area contributed by atoms with Crippen LogP contribution in [0.1, 0.15) is 31.9 Å². The average Bonchev–Trinajstić information content (AvgIpc) is 2.70. The van der Waals surface area contributed by atoms with E-state index in [0.717, 1.165) is 38.6 Å². The van der Waals surface area contributed by atoms with Crippen LogP contribution >= 0.6 is 11.6 Å². The Morgan fingerprint density at radius 3 is 2.28 bits per heavy atom. The van der Waals surface area contributed by atoms with Crippen LogP contribution in [-0.2, 0) is 5.41 Å². The Kier molecular flexibility index (Phi) is 5.01. The van der Waals surface area contributed by atoms with E-state index in [9.17, 15) is 0 Å². The largest absolute Gasteiger partial charge is 0.340 e. The summed E-state index contributed by atoms with van der Waals surface area (Å²) in [5, 5.41) is 5.12. The maximum atomic E-state index is 6.30. The van der Waals surface area contributed by atoms with Gasteiger partial charge >= 0.3 is 0 Å². The molecule has 29 heavy (non-hydrogen) atoms. The van der Waals surface area contributed by atoms with Gasteiger partial charge in [-0.05, 0) is 47.7 Å². The van der Waals surface area contributed by atoms with Crippen LogP contribution in [0.5, 0.6) is 0 Å². The fourth-order valence-electron chi connectivity index (χ4n) is 3.23. The summed E-state index contributed by atoms with van der Waals surface area (Å²) in [6.07, 6.45) is 0. The third-order valence-electron chi connectivity index (χ3n) is 5.05. The summed E-state index contributed by atoms with van der Waals surface area (Å²) in [4.78, 5) is 9.64. The average molecular weight is 402 g/mol. The molecule has 0 aliphatic rings. The zero-order valence-corrected chi connectivity index (χ0v) is 17.9. The number of aromatic nitrogens is 2. The summed E-state index contributed by atoms with van der Waals surface area (Å²) in [5.74, 6) is 1.47. The highest BCUT2D eigenvalue weighted by atomic mass is 35.5. The van der Waals surface area contributed by atoms with Crippen molar-refractivity contribution in [1.82, 2.24) is 9.97 Å². The Bertz CT molecular complexity index is 1180. The van der Waals surface area contributed by atoms with Crippen molar-refractivity contribution in [3.05, 3.63) is 82.9 Å². The minimum absolute atomic E-state index is 0.111. The highest BCUT2D eigenvalue weighted by molar-refractivity contribution is 6.31. The smallest absolute Gasteiger partial charge is 0.162 e. The monoisotopic (exact) mass is 401 g/mol. The predicted octanol–water partition coefficient (Wildman–Crippen LogP) is 7.30. The molecule has 146 valence electrons. The van der Waals surface area contributed by atoms with E-state index in [1.165, 1.54) is 5.56 Å². The molecule has 0 aliphatic heterocycles. The summed E-state index contributed by atoms with van der Waals surface area (Å²) in [6.45, 7) is 8.63.